The van der Waals surface area contributed by atoms with Crippen molar-refractivity contribution in [2.45, 2.75) is 26.4 Å². The van der Waals surface area contributed by atoms with E-state index in [0.717, 1.165) is 5.56 Å². The van der Waals surface area contributed by atoms with Crippen molar-refractivity contribution in [1.82, 2.24) is 5.32 Å². The van der Waals surface area contributed by atoms with Crippen molar-refractivity contribution in [1.29, 1.82) is 0 Å². The van der Waals surface area contributed by atoms with Gasteiger partial charge in [0.2, 0.25) is 0 Å². The molecule has 0 heterocycles. The smallest absolute Gasteiger partial charge is 0.275 e. The number of quaternary nitrogens is 1. The molecule has 0 aliphatic carbocycles. The first-order valence-corrected chi connectivity index (χ1v) is 8.34. The Bertz CT molecular complexity index is 628. The fourth-order valence-electron chi connectivity index (χ4n) is 2.61. The second kappa shape index (κ2) is 8.70. The van der Waals surface area contributed by atoms with Crippen molar-refractivity contribution in [3.63, 3.8) is 0 Å². The van der Waals surface area contributed by atoms with Crippen LogP contribution in [0.3, 0.4) is 0 Å². The van der Waals surface area contributed by atoms with Crippen molar-refractivity contribution in [3.8, 4) is 0 Å². The molecule has 0 saturated carbocycles. The largest absolute Gasteiger partial charge is 0.347 e. The predicted molar refractivity (Wildman–Crippen MR) is 94.1 cm³/mol. The molecule has 0 aliphatic rings. The minimum absolute atomic E-state index is 0.0199. The van der Waals surface area contributed by atoms with Crippen LogP contribution in [0.1, 0.15) is 31.0 Å². The SMILES string of the molecule is CC(C)[C@H]([NH2+]CC(=O)NCc1ccccc1Cl)c1ccccc1. The van der Waals surface area contributed by atoms with E-state index < -0.39 is 0 Å². The van der Waals surface area contributed by atoms with Crippen LogP contribution in [-0.2, 0) is 11.3 Å². The van der Waals surface area contributed by atoms with E-state index in [-0.39, 0.29) is 11.9 Å². The number of carbonyl (C=O) groups excluding carboxylic acids is 1. The third-order valence-corrected chi connectivity index (χ3v) is 4.26. The molecule has 3 nitrogen and oxygen atoms in total. The van der Waals surface area contributed by atoms with Gasteiger partial charge in [0.15, 0.2) is 6.54 Å². The Morgan fingerprint density at radius 1 is 1.09 bits per heavy atom. The van der Waals surface area contributed by atoms with Gasteiger partial charge in [-0.3, -0.25) is 4.79 Å². The van der Waals surface area contributed by atoms with Crippen LogP contribution >= 0.6 is 11.6 Å². The normalized spacial score (nSPS) is 12.2. The third-order valence-electron chi connectivity index (χ3n) is 3.89. The van der Waals surface area contributed by atoms with Gasteiger partial charge in [0.1, 0.15) is 6.04 Å². The van der Waals surface area contributed by atoms with Gasteiger partial charge in [-0.1, -0.05) is 74.0 Å². The number of nitrogens with one attached hydrogen (secondary N) is 1. The van der Waals surface area contributed by atoms with Crippen LogP contribution in [-0.4, -0.2) is 12.5 Å². The Labute approximate surface area is 143 Å². The summed E-state index contributed by atoms with van der Waals surface area (Å²) >= 11 is 6.10. The number of amides is 1. The number of hydrogen-bond acceptors (Lipinski definition) is 1. The molecule has 0 saturated heterocycles. The number of rotatable bonds is 7. The second-order valence-electron chi connectivity index (χ2n) is 5.99. The van der Waals surface area contributed by atoms with Gasteiger partial charge < -0.3 is 10.6 Å². The molecule has 4 heteroatoms. The molecule has 2 aromatic carbocycles. The molecule has 0 aromatic heterocycles. The molecular formula is C19H24ClN2O+. The molecule has 2 rings (SSSR count). The highest BCUT2D eigenvalue weighted by molar-refractivity contribution is 6.31. The first-order valence-electron chi connectivity index (χ1n) is 7.96. The summed E-state index contributed by atoms with van der Waals surface area (Å²) in [6, 6.07) is 18.2. The molecule has 3 N–H and O–H groups in total. The third kappa shape index (κ3) is 5.38. The Morgan fingerprint density at radius 2 is 1.74 bits per heavy atom. The molecule has 2 aromatic rings. The molecule has 0 bridgehead atoms. The van der Waals surface area contributed by atoms with Crippen molar-refractivity contribution in [2.24, 2.45) is 5.92 Å². The maximum absolute atomic E-state index is 12.1. The average molecular weight is 332 g/mol. The minimum atomic E-state index is 0.0199. The predicted octanol–water partition coefficient (Wildman–Crippen LogP) is 2.92. The summed E-state index contributed by atoms with van der Waals surface area (Å²) in [5, 5.41) is 5.71. The highest BCUT2D eigenvalue weighted by Gasteiger charge is 2.20. The lowest BCUT2D eigenvalue weighted by atomic mass is 9.96. The van der Waals surface area contributed by atoms with Crippen molar-refractivity contribution in [2.75, 3.05) is 6.54 Å². The summed E-state index contributed by atoms with van der Waals surface area (Å²) in [6.45, 7) is 5.22. The molecule has 122 valence electrons. The molecule has 0 unspecified atom stereocenters. The standard InChI is InChI=1S/C19H23ClN2O/c1-14(2)19(15-8-4-3-5-9-15)22-13-18(23)21-12-16-10-6-7-11-17(16)20/h3-11,14,19,22H,12-13H2,1-2H3,(H,21,23)/p+1/t19-/m0/s1. The van der Waals surface area contributed by atoms with Crippen molar-refractivity contribution < 1.29 is 10.1 Å². The molecule has 1 atom stereocenters. The lowest BCUT2D eigenvalue weighted by molar-refractivity contribution is -0.692. The first kappa shape index (κ1) is 17.5. The van der Waals surface area contributed by atoms with Crippen LogP contribution in [0.15, 0.2) is 54.6 Å². The number of halogens is 1. The highest BCUT2D eigenvalue weighted by atomic mass is 35.5. The van der Waals surface area contributed by atoms with Gasteiger partial charge in [-0.25, -0.2) is 0 Å². The molecule has 1 amide bonds. The van der Waals surface area contributed by atoms with Crippen molar-refractivity contribution >= 4 is 17.5 Å². The van der Waals surface area contributed by atoms with Gasteiger partial charge in [0, 0.05) is 23.0 Å². The second-order valence-corrected chi connectivity index (χ2v) is 6.40. The van der Waals surface area contributed by atoms with Gasteiger partial charge >= 0.3 is 0 Å². The van der Waals surface area contributed by atoms with E-state index in [2.05, 4.69) is 36.6 Å². The summed E-state index contributed by atoms with van der Waals surface area (Å²) in [7, 11) is 0. The topological polar surface area (TPSA) is 45.7 Å². The quantitative estimate of drug-likeness (QED) is 0.805. The van der Waals surface area contributed by atoms with Gasteiger partial charge in [0.25, 0.3) is 5.91 Å². The number of nitrogens with two attached hydrogens (primary N) is 1. The van der Waals surface area contributed by atoms with E-state index >= 15 is 0 Å². The lowest BCUT2D eigenvalue weighted by Gasteiger charge is -2.19. The van der Waals surface area contributed by atoms with Crippen molar-refractivity contribution in [3.05, 3.63) is 70.7 Å². The zero-order valence-corrected chi connectivity index (χ0v) is 14.4. The van der Waals surface area contributed by atoms with E-state index in [1.165, 1.54) is 5.56 Å². The number of carbonyl (C=O) groups is 1. The van der Waals surface area contributed by atoms with E-state index in [0.29, 0.717) is 24.0 Å². The van der Waals surface area contributed by atoms with Gasteiger partial charge in [-0.15, -0.1) is 0 Å². The summed E-state index contributed by atoms with van der Waals surface area (Å²) in [6.07, 6.45) is 0. The highest BCUT2D eigenvalue weighted by Crippen LogP contribution is 2.17. The maximum atomic E-state index is 12.1. The summed E-state index contributed by atoms with van der Waals surface area (Å²) in [5.41, 5.74) is 2.19. The van der Waals surface area contributed by atoms with Crippen LogP contribution in [0, 0.1) is 5.92 Å². The zero-order chi connectivity index (χ0) is 16.7. The summed E-state index contributed by atoms with van der Waals surface area (Å²) in [4.78, 5) is 12.1. The van der Waals surface area contributed by atoms with Crippen LogP contribution < -0.4 is 10.6 Å². The van der Waals surface area contributed by atoms with Gasteiger partial charge in [-0.2, -0.15) is 0 Å². The van der Waals surface area contributed by atoms with Crippen LogP contribution in [0.5, 0.6) is 0 Å². The monoisotopic (exact) mass is 331 g/mol. The zero-order valence-electron chi connectivity index (χ0n) is 13.6. The average Bonchev–Trinajstić information content (AvgIpc) is 2.55. The molecule has 0 fully saturated rings. The molecule has 23 heavy (non-hydrogen) atoms. The van der Waals surface area contributed by atoms with E-state index in [1.54, 1.807) is 0 Å². The van der Waals surface area contributed by atoms with E-state index in [1.807, 2.05) is 42.5 Å². The Balaban J connectivity index is 1.86. The molecule has 0 radical (unpaired) electrons. The summed E-state index contributed by atoms with van der Waals surface area (Å²) in [5.74, 6) is 0.472. The molecule has 0 spiro atoms. The van der Waals surface area contributed by atoms with Gasteiger partial charge in [-0.05, 0) is 11.6 Å². The summed E-state index contributed by atoms with van der Waals surface area (Å²) < 4.78 is 0. The fraction of sp³-hybridized carbons (Fsp3) is 0.316. The lowest BCUT2D eigenvalue weighted by Crippen LogP contribution is -2.88. The first-order chi connectivity index (χ1) is 11.1. The Kier molecular flexibility index (Phi) is 6.63. The fourth-order valence-corrected chi connectivity index (χ4v) is 2.81. The van der Waals surface area contributed by atoms with E-state index in [9.17, 15) is 4.79 Å². The Hall–Kier alpha value is -1.84. The van der Waals surface area contributed by atoms with Crippen LogP contribution in [0.25, 0.3) is 0 Å². The van der Waals surface area contributed by atoms with Crippen LogP contribution in [0.2, 0.25) is 5.02 Å². The Morgan fingerprint density at radius 3 is 2.39 bits per heavy atom. The van der Waals surface area contributed by atoms with Gasteiger partial charge in [0.05, 0.1) is 0 Å². The molecular weight excluding hydrogens is 308 g/mol. The minimum Gasteiger partial charge on any atom is -0.347 e. The van der Waals surface area contributed by atoms with E-state index in [4.69, 9.17) is 11.6 Å². The van der Waals surface area contributed by atoms with Crippen LogP contribution in [0.4, 0.5) is 0 Å². The number of benzene rings is 2. The number of hydrogen-bond donors (Lipinski definition) is 2. The molecule has 0 aliphatic heterocycles. The maximum Gasteiger partial charge on any atom is 0.275 e.